The van der Waals surface area contributed by atoms with E-state index in [9.17, 15) is 0 Å². The lowest BCUT2D eigenvalue weighted by Crippen LogP contribution is -2.34. The molecule has 76 valence electrons. The molecule has 0 aromatic heterocycles. The Hall–Kier alpha value is -0.300. The molecule has 0 amide bonds. The molecule has 1 heteroatoms. The summed E-state index contributed by atoms with van der Waals surface area (Å²) in [5.41, 5.74) is 5.84. The minimum absolute atomic E-state index is 0.678. The fraction of sp³-hybridized carbons (Fsp3) is 0.833. The normalized spacial score (nSPS) is 39.4. The third-order valence-corrected chi connectivity index (χ3v) is 3.65. The van der Waals surface area contributed by atoms with Gasteiger partial charge in [0.1, 0.15) is 0 Å². The van der Waals surface area contributed by atoms with Gasteiger partial charge in [-0.25, -0.2) is 0 Å². The molecule has 4 atom stereocenters. The van der Waals surface area contributed by atoms with E-state index in [1.165, 1.54) is 12.8 Å². The summed E-state index contributed by atoms with van der Waals surface area (Å²) < 4.78 is 0. The van der Waals surface area contributed by atoms with Crippen LogP contribution in [0.4, 0.5) is 0 Å². The lowest BCUT2D eigenvalue weighted by atomic mass is 9.69. The number of rotatable bonds is 3. The maximum absolute atomic E-state index is 5.84. The van der Waals surface area contributed by atoms with Gasteiger partial charge in [0.05, 0.1) is 0 Å². The highest BCUT2D eigenvalue weighted by Crippen LogP contribution is 2.37. The molecule has 0 aromatic rings. The quantitative estimate of drug-likeness (QED) is 0.666. The fourth-order valence-electron chi connectivity index (χ4n) is 2.74. The minimum Gasteiger partial charge on any atom is -0.330 e. The third-order valence-electron chi connectivity index (χ3n) is 3.65. The molecule has 0 spiro atoms. The molecule has 1 aliphatic carbocycles. The molecule has 1 rings (SSSR count). The highest BCUT2D eigenvalue weighted by atomic mass is 14.6. The molecule has 0 heterocycles. The molecule has 2 N–H and O–H groups in total. The molecule has 4 unspecified atom stereocenters. The average molecular weight is 181 g/mol. The van der Waals surface area contributed by atoms with E-state index in [2.05, 4.69) is 32.9 Å². The smallest absolute Gasteiger partial charge is 0.00405 e. The number of hydrogen-bond donors (Lipinski definition) is 1. The van der Waals surface area contributed by atoms with E-state index >= 15 is 0 Å². The lowest BCUT2D eigenvalue weighted by molar-refractivity contribution is 0.196. The average Bonchev–Trinajstić information content (AvgIpc) is 2.17. The van der Waals surface area contributed by atoms with Gasteiger partial charge in [0.15, 0.2) is 0 Å². The predicted molar refractivity (Wildman–Crippen MR) is 58.4 cm³/mol. The summed E-state index contributed by atoms with van der Waals surface area (Å²) in [7, 11) is 0. The second kappa shape index (κ2) is 4.80. The Balaban J connectivity index is 2.76. The SMILES string of the molecule is CCC1C=CC(C)C(CN)C1CC. The summed E-state index contributed by atoms with van der Waals surface area (Å²) in [6.45, 7) is 7.71. The van der Waals surface area contributed by atoms with Crippen LogP contribution in [0.25, 0.3) is 0 Å². The summed E-state index contributed by atoms with van der Waals surface area (Å²) in [4.78, 5) is 0. The Morgan fingerprint density at radius 2 is 1.77 bits per heavy atom. The lowest BCUT2D eigenvalue weighted by Gasteiger charge is -2.37. The molecule has 0 bridgehead atoms. The van der Waals surface area contributed by atoms with Crippen molar-refractivity contribution in [3.05, 3.63) is 12.2 Å². The number of nitrogens with two attached hydrogens (primary N) is 1. The van der Waals surface area contributed by atoms with Gasteiger partial charge in [-0.1, -0.05) is 39.3 Å². The van der Waals surface area contributed by atoms with Crippen molar-refractivity contribution in [1.29, 1.82) is 0 Å². The summed E-state index contributed by atoms with van der Waals surface area (Å²) in [5.74, 6) is 2.97. The van der Waals surface area contributed by atoms with Gasteiger partial charge in [-0.05, 0) is 36.6 Å². The first kappa shape index (κ1) is 10.8. The zero-order valence-corrected chi connectivity index (χ0v) is 9.16. The van der Waals surface area contributed by atoms with Gasteiger partial charge in [0.2, 0.25) is 0 Å². The van der Waals surface area contributed by atoms with E-state index in [0.29, 0.717) is 11.8 Å². The van der Waals surface area contributed by atoms with Gasteiger partial charge in [-0.3, -0.25) is 0 Å². The summed E-state index contributed by atoms with van der Waals surface area (Å²) >= 11 is 0. The van der Waals surface area contributed by atoms with E-state index < -0.39 is 0 Å². The molecule has 0 saturated carbocycles. The molecule has 1 aliphatic rings. The van der Waals surface area contributed by atoms with Crippen LogP contribution < -0.4 is 5.73 Å². The monoisotopic (exact) mass is 181 g/mol. The maximum Gasteiger partial charge on any atom is -0.00405 e. The van der Waals surface area contributed by atoms with E-state index in [1.54, 1.807) is 0 Å². The molecule has 0 fully saturated rings. The molecular weight excluding hydrogens is 158 g/mol. The van der Waals surface area contributed by atoms with Crippen molar-refractivity contribution in [3.8, 4) is 0 Å². The van der Waals surface area contributed by atoms with Crippen LogP contribution in [-0.2, 0) is 0 Å². The van der Waals surface area contributed by atoms with Gasteiger partial charge >= 0.3 is 0 Å². The molecule has 0 saturated heterocycles. The molecule has 0 aromatic carbocycles. The Kier molecular flexibility index (Phi) is 3.98. The van der Waals surface area contributed by atoms with E-state index in [4.69, 9.17) is 5.73 Å². The largest absolute Gasteiger partial charge is 0.330 e. The topological polar surface area (TPSA) is 26.0 Å². The molecule has 1 nitrogen and oxygen atoms in total. The van der Waals surface area contributed by atoms with Gasteiger partial charge in [0, 0.05) is 0 Å². The van der Waals surface area contributed by atoms with Crippen molar-refractivity contribution in [2.24, 2.45) is 29.4 Å². The Morgan fingerprint density at radius 3 is 2.23 bits per heavy atom. The molecule has 0 radical (unpaired) electrons. The predicted octanol–water partition coefficient (Wildman–Crippen LogP) is 2.82. The van der Waals surface area contributed by atoms with Crippen molar-refractivity contribution in [3.63, 3.8) is 0 Å². The third kappa shape index (κ3) is 2.14. The van der Waals surface area contributed by atoms with Crippen LogP contribution in [0, 0.1) is 23.7 Å². The summed E-state index contributed by atoms with van der Waals surface area (Å²) in [6.07, 6.45) is 7.30. The van der Waals surface area contributed by atoms with Crippen molar-refractivity contribution < 1.29 is 0 Å². The molecular formula is C12H23N. The molecule has 13 heavy (non-hydrogen) atoms. The minimum atomic E-state index is 0.678. The first-order chi connectivity index (χ1) is 6.24. The van der Waals surface area contributed by atoms with Crippen LogP contribution in [0.2, 0.25) is 0 Å². The summed E-state index contributed by atoms with van der Waals surface area (Å²) in [6, 6.07) is 0. The number of allylic oxidation sites excluding steroid dienone is 2. The van der Waals surface area contributed by atoms with Crippen LogP contribution in [0.1, 0.15) is 33.6 Å². The highest BCUT2D eigenvalue weighted by molar-refractivity contribution is 5.03. The van der Waals surface area contributed by atoms with Crippen LogP contribution in [0.3, 0.4) is 0 Å². The fourth-order valence-corrected chi connectivity index (χ4v) is 2.74. The Morgan fingerprint density at radius 1 is 1.08 bits per heavy atom. The number of hydrogen-bond acceptors (Lipinski definition) is 1. The van der Waals surface area contributed by atoms with Crippen molar-refractivity contribution >= 4 is 0 Å². The van der Waals surface area contributed by atoms with Crippen LogP contribution in [0.15, 0.2) is 12.2 Å². The van der Waals surface area contributed by atoms with Crippen LogP contribution >= 0.6 is 0 Å². The van der Waals surface area contributed by atoms with Crippen LogP contribution in [-0.4, -0.2) is 6.54 Å². The van der Waals surface area contributed by atoms with Gasteiger partial charge in [0.25, 0.3) is 0 Å². The van der Waals surface area contributed by atoms with Crippen LogP contribution in [0.5, 0.6) is 0 Å². The Labute approximate surface area is 82.4 Å². The first-order valence-corrected chi connectivity index (χ1v) is 5.62. The Bertz CT molecular complexity index is 174. The standard InChI is InChI=1S/C12H23N/c1-4-10-7-6-9(3)12(8-13)11(10)5-2/h6-7,9-12H,4-5,8,13H2,1-3H3. The van der Waals surface area contributed by atoms with Gasteiger partial charge < -0.3 is 5.73 Å². The van der Waals surface area contributed by atoms with Gasteiger partial charge in [-0.15, -0.1) is 0 Å². The van der Waals surface area contributed by atoms with Crippen molar-refractivity contribution in [1.82, 2.24) is 0 Å². The van der Waals surface area contributed by atoms with E-state index in [0.717, 1.165) is 18.4 Å². The zero-order valence-electron chi connectivity index (χ0n) is 9.16. The van der Waals surface area contributed by atoms with E-state index in [-0.39, 0.29) is 0 Å². The van der Waals surface area contributed by atoms with Crippen molar-refractivity contribution in [2.45, 2.75) is 33.6 Å². The second-order valence-corrected chi connectivity index (χ2v) is 4.29. The zero-order chi connectivity index (χ0) is 9.84. The molecule has 0 aliphatic heterocycles. The van der Waals surface area contributed by atoms with Gasteiger partial charge in [-0.2, -0.15) is 0 Å². The maximum atomic E-state index is 5.84. The van der Waals surface area contributed by atoms with E-state index in [1.807, 2.05) is 0 Å². The first-order valence-electron chi connectivity index (χ1n) is 5.62. The summed E-state index contributed by atoms with van der Waals surface area (Å²) in [5, 5.41) is 0. The highest BCUT2D eigenvalue weighted by Gasteiger charge is 2.30. The second-order valence-electron chi connectivity index (χ2n) is 4.29. The van der Waals surface area contributed by atoms with Crippen molar-refractivity contribution in [2.75, 3.05) is 6.54 Å².